The second-order valence-corrected chi connectivity index (χ2v) is 7.17. The van der Waals surface area contributed by atoms with Gasteiger partial charge in [-0.15, -0.1) is 0 Å². The smallest absolute Gasteiger partial charge is 0.244 e. The Kier molecular flexibility index (Phi) is 5.43. The fourth-order valence-corrected chi connectivity index (χ4v) is 3.98. The molecular formula is C13H20ClN3O3S. The quantitative estimate of drug-likeness (QED) is 0.787. The van der Waals surface area contributed by atoms with Gasteiger partial charge in [0.2, 0.25) is 10.0 Å². The number of nitrogens with one attached hydrogen (secondary N) is 1. The van der Waals surface area contributed by atoms with Crippen molar-refractivity contribution in [3.05, 3.63) is 17.3 Å². The van der Waals surface area contributed by atoms with Gasteiger partial charge in [0.05, 0.1) is 11.6 Å². The Hall–Kier alpha value is -0.890. The molecule has 1 heterocycles. The van der Waals surface area contributed by atoms with Gasteiger partial charge < -0.3 is 10.1 Å². The number of halogens is 1. The molecule has 0 aliphatic heterocycles. The van der Waals surface area contributed by atoms with E-state index in [1.807, 2.05) is 6.92 Å². The number of sulfonamides is 1. The van der Waals surface area contributed by atoms with Gasteiger partial charge in [0, 0.05) is 32.4 Å². The topological polar surface area (TPSA) is 71.5 Å². The number of hydrogen-bond acceptors (Lipinski definition) is 5. The van der Waals surface area contributed by atoms with Gasteiger partial charge in [0.25, 0.3) is 0 Å². The summed E-state index contributed by atoms with van der Waals surface area (Å²) in [6, 6.07) is 1.52. The van der Waals surface area contributed by atoms with Gasteiger partial charge in [0.15, 0.2) is 0 Å². The first-order valence-electron chi connectivity index (χ1n) is 6.91. The first-order valence-corrected chi connectivity index (χ1v) is 8.72. The molecule has 2 rings (SSSR count). The molecule has 1 aliphatic carbocycles. The van der Waals surface area contributed by atoms with Crippen LogP contribution in [0, 0.1) is 0 Å². The standard InChI is InChI=1S/C13H20ClN3O3S/c1-3-15-13-12(14)8-11(9-16-13)21(18,19)17(6-7-20-2)10-4-5-10/h8-10H,3-7H2,1-2H3,(H,15,16). The lowest BCUT2D eigenvalue weighted by Gasteiger charge is -2.21. The minimum Gasteiger partial charge on any atom is -0.383 e. The normalized spacial score (nSPS) is 15.4. The number of ether oxygens (including phenoxy) is 1. The number of methoxy groups -OCH3 is 1. The lowest BCUT2D eigenvalue weighted by Crippen LogP contribution is -2.35. The summed E-state index contributed by atoms with van der Waals surface area (Å²) in [6.45, 7) is 3.30. The molecule has 0 amide bonds. The maximum atomic E-state index is 12.7. The van der Waals surface area contributed by atoms with Crippen molar-refractivity contribution in [3.63, 3.8) is 0 Å². The summed E-state index contributed by atoms with van der Waals surface area (Å²) in [6.07, 6.45) is 3.13. The van der Waals surface area contributed by atoms with Crippen LogP contribution in [0.5, 0.6) is 0 Å². The van der Waals surface area contributed by atoms with E-state index in [2.05, 4.69) is 10.3 Å². The number of hydrogen-bond donors (Lipinski definition) is 1. The molecule has 1 aromatic rings. The molecule has 118 valence electrons. The largest absolute Gasteiger partial charge is 0.383 e. The first kappa shape index (κ1) is 16.5. The molecule has 0 atom stereocenters. The van der Waals surface area contributed by atoms with E-state index in [4.69, 9.17) is 16.3 Å². The lowest BCUT2D eigenvalue weighted by molar-refractivity contribution is 0.177. The number of aromatic nitrogens is 1. The van der Waals surface area contributed by atoms with Crippen molar-refractivity contribution >= 4 is 27.4 Å². The molecule has 1 aromatic heterocycles. The van der Waals surface area contributed by atoms with Gasteiger partial charge in [-0.3, -0.25) is 0 Å². The minimum absolute atomic E-state index is 0.0670. The van der Waals surface area contributed by atoms with Crippen molar-refractivity contribution < 1.29 is 13.2 Å². The highest BCUT2D eigenvalue weighted by Gasteiger charge is 2.38. The molecule has 1 fully saturated rings. The summed E-state index contributed by atoms with van der Waals surface area (Å²) >= 11 is 6.09. The summed E-state index contributed by atoms with van der Waals surface area (Å²) in [5, 5.41) is 3.29. The van der Waals surface area contributed by atoms with Gasteiger partial charge in [-0.25, -0.2) is 13.4 Å². The van der Waals surface area contributed by atoms with Crippen LogP contribution in [0.3, 0.4) is 0 Å². The fraction of sp³-hybridized carbons (Fsp3) is 0.615. The Morgan fingerprint density at radius 3 is 2.76 bits per heavy atom. The lowest BCUT2D eigenvalue weighted by atomic mass is 10.4. The number of nitrogens with zero attached hydrogens (tertiary/aromatic N) is 2. The first-order chi connectivity index (χ1) is 10.0. The predicted octanol–water partition coefficient (Wildman–Crippen LogP) is 1.97. The average molecular weight is 334 g/mol. The maximum Gasteiger partial charge on any atom is 0.244 e. The molecule has 1 saturated carbocycles. The fourth-order valence-electron chi connectivity index (χ4n) is 2.04. The second kappa shape index (κ2) is 6.91. The van der Waals surface area contributed by atoms with E-state index in [0.717, 1.165) is 12.8 Å². The SMILES string of the molecule is CCNc1ncc(S(=O)(=O)N(CCOC)C2CC2)cc1Cl. The zero-order valence-corrected chi connectivity index (χ0v) is 13.7. The molecule has 0 unspecified atom stereocenters. The highest BCUT2D eigenvalue weighted by Crippen LogP contribution is 2.33. The molecule has 8 heteroatoms. The van der Waals surface area contributed by atoms with Crippen molar-refractivity contribution in [2.75, 3.05) is 32.1 Å². The van der Waals surface area contributed by atoms with Crippen LogP contribution in [0.25, 0.3) is 0 Å². The van der Waals surface area contributed by atoms with Crippen LogP contribution in [0.15, 0.2) is 17.2 Å². The summed E-state index contributed by atoms with van der Waals surface area (Å²) in [4.78, 5) is 4.22. The molecule has 1 N–H and O–H groups in total. The van der Waals surface area contributed by atoms with Crippen LogP contribution in [-0.2, 0) is 14.8 Å². The van der Waals surface area contributed by atoms with E-state index in [0.29, 0.717) is 30.5 Å². The van der Waals surface area contributed by atoms with E-state index in [1.165, 1.54) is 16.6 Å². The van der Waals surface area contributed by atoms with E-state index in [1.54, 1.807) is 7.11 Å². The van der Waals surface area contributed by atoms with E-state index in [9.17, 15) is 8.42 Å². The van der Waals surface area contributed by atoms with Gasteiger partial charge in [-0.2, -0.15) is 4.31 Å². The van der Waals surface area contributed by atoms with Crippen molar-refractivity contribution in [1.82, 2.24) is 9.29 Å². The van der Waals surface area contributed by atoms with Gasteiger partial charge in [-0.1, -0.05) is 11.6 Å². The molecule has 0 aromatic carbocycles. The minimum atomic E-state index is -3.59. The van der Waals surface area contributed by atoms with Gasteiger partial charge in [0.1, 0.15) is 10.7 Å². The predicted molar refractivity (Wildman–Crippen MR) is 82.2 cm³/mol. The average Bonchev–Trinajstić information content (AvgIpc) is 3.26. The van der Waals surface area contributed by atoms with E-state index >= 15 is 0 Å². The molecule has 0 radical (unpaired) electrons. The van der Waals surface area contributed by atoms with Crippen molar-refractivity contribution in [2.45, 2.75) is 30.7 Å². The molecule has 1 aliphatic rings. The highest BCUT2D eigenvalue weighted by molar-refractivity contribution is 7.89. The van der Waals surface area contributed by atoms with Gasteiger partial charge >= 0.3 is 0 Å². The van der Waals surface area contributed by atoms with Crippen LogP contribution < -0.4 is 5.32 Å². The van der Waals surface area contributed by atoms with E-state index in [-0.39, 0.29) is 10.9 Å². The van der Waals surface area contributed by atoms with Crippen LogP contribution in [0.4, 0.5) is 5.82 Å². The Bertz CT molecular complexity index is 590. The van der Waals surface area contributed by atoms with Gasteiger partial charge in [-0.05, 0) is 25.8 Å². The van der Waals surface area contributed by atoms with Crippen molar-refractivity contribution in [2.24, 2.45) is 0 Å². The summed E-state index contributed by atoms with van der Waals surface area (Å²) in [7, 11) is -2.03. The third-order valence-electron chi connectivity index (χ3n) is 3.24. The molecule has 0 bridgehead atoms. The Morgan fingerprint density at radius 2 is 2.24 bits per heavy atom. The van der Waals surface area contributed by atoms with Crippen LogP contribution >= 0.6 is 11.6 Å². The van der Waals surface area contributed by atoms with Crippen molar-refractivity contribution in [1.29, 1.82) is 0 Å². The van der Waals surface area contributed by atoms with Crippen LogP contribution in [-0.4, -0.2) is 50.6 Å². The molecule has 21 heavy (non-hydrogen) atoms. The monoisotopic (exact) mass is 333 g/mol. The molecule has 0 spiro atoms. The number of rotatable bonds is 8. The Labute approximate surface area is 130 Å². The van der Waals surface area contributed by atoms with Crippen LogP contribution in [0.1, 0.15) is 19.8 Å². The third kappa shape index (κ3) is 3.85. The zero-order chi connectivity index (χ0) is 15.5. The second-order valence-electron chi connectivity index (χ2n) is 4.87. The summed E-state index contributed by atoms with van der Waals surface area (Å²) in [5.41, 5.74) is 0. The Morgan fingerprint density at radius 1 is 1.52 bits per heavy atom. The number of pyridine rings is 1. The summed E-state index contributed by atoms with van der Waals surface area (Å²) < 4.78 is 31.9. The Balaban J connectivity index is 2.26. The number of anilines is 1. The molecule has 0 saturated heterocycles. The zero-order valence-electron chi connectivity index (χ0n) is 12.2. The van der Waals surface area contributed by atoms with E-state index < -0.39 is 10.0 Å². The molecule has 6 nitrogen and oxygen atoms in total. The maximum absolute atomic E-state index is 12.7. The third-order valence-corrected chi connectivity index (χ3v) is 5.44. The van der Waals surface area contributed by atoms with Crippen LogP contribution in [0.2, 0.25) is 5.02 Å². The summed E-state index contributed by atoms with van der Waals surface area (Å²) in [5.74, 6) is 0.494. The molecular weight excluding hydrogens is 314 g/mol. The van der Waals surface area contributed by atoms with Crippen molar-refractivity contribution in [3.8, 4) is 0 Å². The highest BCUT2D eigenvalue weighted by atomic mass is 35.5.